The van der Waals surface area contributed by atoms with E-state index in [-0.39, 0.29) is 0 Å². The predicted octanol–water partition coefficient (Wildman–Crippen LogP) is 4.67. The summed E-state index contributed by atoms with van der Waals surface area (Å²) in [6.45, 7) is 2.09. The first-order chi connectivity index (χ1) is 12.3. The number of carbonyl (C=O) groups excluding carboxylic acids is 1. The number of halogens is 3. The van der Waals surface area contributed by atoms with E-state index in [0.29, 0.717) is 11.3 Å². The number of aromatic nitrogens is 2. The molecule has 1 unspecified atom stereocenters. The Morgan fingerprint density at radius 1 is 1.04 bits per heavy atom. The molecule has 0 bridgehead atoms. The first kappa shape index (κ1) is 20.2. The Labute approximate surface area is 155 Å². The zero-order valence-corrected chi connectivity index (χ0v) is 15.7. The fourth-order valence-electron chi connectivity index (χ4n) is 1.92. The van der Waals surface area contributed by atoms with E-state index in [4.69, 9.17) is 0 Å². The lowest BCUT2D eigenvalue weighted by molar-refractivity contribution is -0.141. The maximum absolute atomic E-state index is 12.4. The lowest BCUT2D eigenvalue weighted by Crippen LogP contribution is -2.07. The highest BCUT2D eigenvalue weighted by Gasteiger charge is 2.33. The number of carbonyl (C=O) groups is 1. The molecule has 0 aliphatic rings. The fraction of sp³-hybridized carbons (Fsp3) is 0.111. The third-order valence-corrected chi connectivity index (χ3v) is 4.27. The summed E-state index contributed by atoms with van der Waals surface area (Å²) in [5.74, 6) is 0. The molecule has 0 N–H and O–H groups in total. The minimum Gasteiger partial charge on any atom is -0.291 e. The van der Waals surface area contributed by atoms with Crippen molar-refractivity contribution in [3.05, 3.63) is 72.1 Å². The van der Waals surface area contributed by atoms with Gasteiger partial charge in [-0.2, -0.15) is 18.3 Å². The van der Waals surface area contributed by atoms with Crippen molar-refractivity contribution in [2.45, 2.75) is 18.0 Å². The van der Waals surface area contributed by atoms with Gasteiger partial charge in [0, 0.05) is 11.1 Å². The monoisotopic (exact) mass is 396 g/mol. The van der Waals surface area contributed by atoms with Gasteiger partial charge in [-0.05, 0) is 42.6 Å². The summed E-state index contributed by atoms with van der Waals surface area (Å²) < 4.78 is 38.2. The molecular formula is C18H16F3N2OPS. The van der Waals surface area contributed by atoms with Crippen molar-refractivity contribution in [2.24, 2.45) is 0 Å². The van der Waals surface area contributed by atoms with Crippen LogP contribution in [0.25, 0.3) is 5.69 Å². The number of thioether (sulfide) groups is 1. The molecule has 1 atom stereocenters. The molecule has 0 spiro atoms. The molecule has 1 heterocycles. The molecule has 0 aliphatic carbocycles. The smallest absolute Gasteiger partial charge is 0.291 e. The first-order valence-corrected chi connectivity index (χ1v) is 8.91. The number of hydrogen-bond donors (Lipinski definition) is 0. The van der Waals surface area contributed by atoms with Crippen LogP contribution in [0, 0.1) is 6.92 Å². The van der Waals surface area contributed by atoms with E-state index in [9.17, 15) is 18.0 Å². The highest BCUT2D eigenvalue weighted by Crippen LogP contribution is 2.28. The molecule has 0 fully saturated rings. The van der Waals surface area contributed by atoms with Crippen LogP contribution in [0.5, 0.6) is 0 Å². The standard InChI is InChI=1S/C11H7F3N2OS.C7H9P/c12-11(13,14)10-5-6-16(15-10)8-1-3-9(4-2-8)18-7-17;1-6-2-4-7(8)5-3-6/h1-7H;2-5H,8H2,1H3. The van der Waals surface area contributed by atoms with Crippen molar-refractivity contribution < 1.29 is 18.0 Å². The maximum Gasteiger partial charge on any atom is 0.435 e. The predicted molar refractivity (Wildman–Crippen MR) is 102 cm³/mol. The highest BCUT2D eigenvalue weighted by atomic mass is 32.2. The summed E-state index contributed by atoms with van der Waals surface area (Å²) in [5, 5.41) is 4.69. The average Bonchev–Trinajstić information content (AvgIpc) is 3.10. The number of rotatable bonds is 3. The van der Waals surface area contributed by atoms with Crippen LogP contribution in [0.15, 0.2) is 65.7 Å². The third-order valence-electron chi connectivity index (χ3n) is 3.24. The van der Waals surface area contributed by atoms with Gasteiger partial charge in [0.1, 0.15) is 0 Å². The van der Waals surface area contributed by atoms with Gasteiger partial charge in [0.25, 0.3) is 0 Å². The Bertz CT molecular complexity index is 825. The molecule has 26 heavy (non-hydrogen) atoms. The molecule has 136 valence electrons. The van der Waals surface area contributed by atoms with Gasteiger partial charge in [0.2, 0.25) is 0 Å². The summed E-state index contributed by atoms with van der Waals surface area (Å²) in [4.78, 5) is 11.0. The van der Waals surface area contributed by atoms with Crippen molar-refractivity contribution in [3.8, 4) is 5.69 Å². The van der Waals surface area contributed by atoms with E-state index in [1.54, 1.807) is 24.3 Å². The summed E-state index contributed by atoms with van der Waals surface area (Å²) in [7, 11) is 2.65. The number of nitrogens with zero attached hydrogens (tertiary/aromatic N) is 2. The number of alkyl halides is 3. The van der Waals surface area contributed by atoms with Crippen LogP contribution in [0.2, 0.25) is 0 Å². The van der Waals surface area contributed by atoms with Gasteiger partial charge in [-0.25, -0.2) is 4.68 Å². The van der Waals surface area contributed by atoms with Crippen LogP contribution in [0.4, 0.5) is 13.2 Å². The molecule has 8 heteroatoms. The van der Waals surface area contributed by atoms with E-state index in [0.717, 1.165) is 27.4 Å². The van der Waals surface area contributed by atoms with E-state index in [1.807, 2.05) is 0 Å². The Kier molecular flexibility index (Phi) is 7.00. The van der Waals surface area contributed by atoms with Crippen LogP contribution in [0.1, 0.15) is 11.3 Å². The van der Waals surface area contributed by atoms with Crippen molar-refractivity contribution >= 4 is 31.9 Å². The number of benzene rings is 2. The Balaban J connectivity index is 0.000000254. The summed E-state index contributed by atoms with van der Waals surface area (Å²) >= 11 is 0.998. The Morgan fingerprint density at radius 2 is 1.65 bits per heavy atom. The molecular weight excluding hydrogens is 380 g/mol. The zero-order chi connectivity index (χ0) is 19.2. The van der Waals surface area contributed by atoms with Gasteiger partial charge in [-0.1, -0.05) is 41.6 Å². The Morgan fingerprint density at radius 3 is 2.12 bits per heavy atom. The molecule has 0 aliphatic heterocycles. The summed E-state index contributed by atoms with van der Waals surface area (Å²) in [6, 6.07) is 15.8. The SMILES string of the molecule is Cc1ccc(P)cc1.O=CSc1ccc(-n2ccc(C(F)(F)F)n2)cc1. The van der Waals surface area contributed by atoms with Crippen molar-refractivity contribution in [1.82, 2.24) is 9.78 Å². The first-order valence-electron chi connectivity index (χ1n) is 7.45. The van der Waals surface area contributed by atoms with Gasteiger partial charge in [0.15, 0.2) is 11.3 Å². The molecule has 2 aromatic carbocycles. The van der Waals surface area contributed by atoms with Crippen molar-refractivity contribution in [3.63, 3.8) is 0 Å². The number of hydrogen-bond acceptors (Lipinski definition) is 3. The van der Waals surface area contributed by atoms with Crippen LogP contribution in [-0.2, 0) is 11.0 Å². The fourth-order valence-corrected chi connectivity index (χ4v) is 2.52. The molecule has 3 rings (SSSR count). The minimum absolute atomic E-state index is 0.501. The van der Waals surface area contributed by atoms with Crippen LogP contribution >= 0.6 is 21.0 Å². The lowest BCUT2D eigenvalue weighted by Gasteiger charge is -2.03. The molecule has 0 radical (unpaired) electrons. The van der Waals surface area contributed by atoms with Crippen LogP contribution in [0.3, 0.4) is 0 Å². The van der Waals surface area contributed by atoms with Gasteiger partial charge in [-0.15, -0.1) is 9.24 Å². The molecule has 1 aromatic heterocycles. The van der Waals surface area contributed by atoms with Crippen molar-refractivity contribution in [2.75, 3.05) is 0 Å². The minimum atomic E-state index is -4.45. The summed E-state index contributed by atoms with van der Waals surface area (Å²) in [6.07, 6.45) is -3.21. The van der Waals surface area contributed by atoms with E-state index < -0.39 is 11.9 Å². The second kappa shape index (κ2) is 9.01. The van der Waals surface area contributed by atoms with Crippen molar-refractivity contribution in [1.29, 1.82) is 0 Å². The zero-order valence-electron chi connectivity index (χ0n) is 13.8. The largest absolute Gasteiger partial charge is 0.435 e. The summed E-state index contributed by atoms with van der Waals surface area (Å²) in [5.41, 5.74) is 1.57. The molecule has 0 saturated heterocycles. The van der Waals surface area contributed by atoms with E-state index >= 15 is 0 Å². The Hall–Kier alpha value is -2.11. The second-order valence-electron chi connectivity index (χ2n) is 5.26. The van der Waals surface area contributed by atoms with Crippen LogP contribution < -0.4 is 5.30 Å². The lowest BCUT2D eigenvalue weighted by atomic mass is 10.2. The second-order valence-corrected chi connectivity index (χ2v) is 6.83. The van der Waals surface area contributed by atoms with E-state index in [2.05, 4.69) is 45.5 Å². The quantitative estimate of drug-likeness (QED) is 0.367. The van der Waals surface area contributed by atoms with Crippen LogP contribution in [-0.4, -0.2) is 15.4 Å². The van der Waals surface area contributed by atoms with Gasteiger partial charge in [-0.3, -0.25) is 4.79 Å². The number of aryl methyl sites for hydroxylation is 1. The van der Waals surface area contributed by atoms with E-state index in [1.165, 1.54) is 17.1 Å². The molecule has 3 aromatic rings. The molecule has 0 amide bonds. The molecule has 0 saturated carbocycles. The normalized spacial score (nSPS) is 10.8. The van der Waals surface area contributed by atoms with Gasteiger partial charge < -0.3 is 0 Å². The van der Waals surface area contributed by atoms with Gasteiger partial charge >= 0.3 is 6.18 Å². The topological polar surface area (TPSA) is 34.9 Å². The molecule has 3 nitrogen and oxygen atoms in total. The third kappa shape index (κ3) is 6.00. The van der Waals surface area contributed by atoms with Gasteiger partial charge in [0.05, 0.1) is 5.69 Å². The maximum atomic E-state index is 12.4. The highest BCUT2D eigenvalue weighted by molar-refractivity contribution is 8.11. The average molecular weight is 396 g/mol.